The van der Waals surface area contributed by atoms with Crippen LogP contribution in [0.15, 0.2) is 0 Å². The molecule has 0 amide bonds. The lowest BCUT2D eigenvalue weighted by Crippen LogP contribution is -2.32. The molecule has 0 saturated carbocycles. The van der Waals surface area contributed by atoms with Crippen LogP contribution in [0.4, 0.5) is 5.95 Å². The third-order valence-corrected chi connectivity index (χ3v) is 3.63. The van der Waals surface area contributed by atoms with Gasteiger partial charge in [0.2, 0.25) is 5.95 Å². The Kier molecular flexibility index (Phi) is 5.07. The number of nitrogens with zero attached hydrogens (tertiary/aromatic N) is 4. The SMILES string of the molecule is CCc1nnc(N(C)CC2CCCOC2)nc1CC. The highest BCUT2D eigenvalue weighted by molar-refractivity contribution is 5.29. The summed E-state index contributed by atoms with van der Waals surface area (Å²) in [6.07, 6.45) is 4.19. The van der Waals surface area contributed by atoms with Gasteiger partial charge in [0, 0.05) is 20.2 Å². The van der Waals surface area contributed by atoms with E-state index in [1.807, 2.05) is 7.05 Å². The monoisotopic (exact) mass is 264 g/mol. The van der Waals surface area contributed by atoms with Crippen molar-refractivity contribution in [2.45, 2.75) is 39.5 Å². The predicted octanol–water partition coefficient (Wildman–Crippen LogP) is 1.86. The highest BCUT2D eigenvalue weighted by Gasteiger charge is 2.18. The molecule has 1 aromatic rings. The molecule has 1 aliphatic rings. The van der Waals surface area contributed by atoms with E-state index < -0.39 is 0 Å². The zero-order valence-corrected chi connectivity index (χ0v) is 12.2. The molecule has 0 radical (unpaired) electrons. The van der Waals surface area contributed by atoms with Crippen molar-refractivity contribution >= 4 is 5.95 Å². The first-order chi connectivity index (χ1) is 9.24. The molecule has 0 aliphatic carbocycles. The van der Waals surface area contributed by atoms with Gasteiger partial charge in [0.15, 0.2) is 0 Å². The van der Waals surface area contributed by atoms with Crippen molar-refractivity contribution < 1.29 is 4.74 Å². The van der Waals surface area contributed by atoms with Gasteiger partial charge in [-0.05, 0) is 31.6 Å². The van der Waals surface area contributed by atoms with Crippen molar-refractivity contribution in [3.8, 4) is 0 Å². The van der Waals surface area contributed by atoms with Gasteiger partial charge in [-0.1, -0.05) is 13.8 Å². The van der Waals surface area contributed by atoms with Crippen LogP contribution in [-0.2, 0) is 17.6 Å². The molecule has 1 fully saturated rings. The van der Waals surface area contributed by atoms with Crippen LogP contribution in [0.2, 0.25) is 0 Å². The van der Waals surface area contributed by atoms with Crippen molar-refractivity contribution in [3.63, 3.8) is 0 Å². The number of rotatable bonds is 5. The van der Waals surface area contributed by atoms with Crippen LogP contribution in [-0.4, -0.2) is 42.0 Å². The normalized spacial score (nSPS) is 19.4. The maximum absolute atomic E-state index is 5.52. The Labute approximate surface area is 115 Å². The summed E-state index contributed by atoms with van der Waals surface area (Å²) in [5.41, 5.74) is 2.08. The second kappa shape index (κ2) is 6.80. The van der Waals surface area contributed by atoms with Gasteiger partial charge in [-0.15, -0.1) is 5.10 Å². The zero-order valence-electron chi connectivity index (χ0n) is 12.2. The third kappa shape index (κ3) is 3.62. The van der Waals surface area contributed by atoms with E-state index in [4.69, 9.17) is 4.74 Å². The lowest BCUT2D eigenvalue weighted by Gasteiger charge is -2.27. The van der Waals surface area contributed by atoms with Crippen molar-refractivity contribution in [3.05, 3.63) is 11.4 Å². The standard InChI is InChI=1S/C14H24N4O/c1-4-12-13(5-2)16-17-14(15-12)18(3)9-11-7-6-8-19-10-11/h11H,4-10H2,1-3H3. The second-order valence-corrected chi connectivity index (χ2v) is 5.18. The lowest BCUT2D eigenvalue weighted by molar-refractivity contribution is 0.0575. The van der Waals surface area contributed by atoms with Crippen molar-refractivity contribution in [1.29, 1.82) is 0 Å². The Morgan fingerprint density at radius 2 is 2.00 bits per heavy atom. The van der Waals surface area contributed by atoms with Gasteiger partial charge < -0.3 is 9.64 Å². The summed E-state index contributed by atoms with van der Waals surface area (Å²) in [5.74, 6) is 1.32. The van der Waals surface area contributed by atoms with Gasteiger partial charge in [0.25, 0.3) is 0 Å². The average molecular weight is 264 g/mol. The number of hydrogen-bond acceptors (Lipinski definition) is 5. The topological polar surface area (TPSA) is 51.1 Å². The number of aryl methyl sites for hydroxylation is 2. The molecule has 0 aromatic carbocycles. The van der Waals surface area contributed by atoms with E-state index in [2.05, 4.69) is 33.9 Å². The second-order valence-electron chi connectivity index (χ2n) is 5.18. The van der Waals surface area contributed by atoms with Gasteiger partial charge >= 0.3 is 0 Å². The van der Waals surface area contributed by atoms with Crippen LogP contribution < -0.4 is 4.90 Å². The minimum Gasteiger partial charge on any atom is -0.381 e. The Morgan fingerprint density at radius 3 is 2.63 bits per heavy atom. The molecular formula is C14H24N4O. The molecular weight excluding hydrogens is 240 g/mol. The largest absolute Gasteiger partial charge is 0.381 e. The first-order valence-electron chi connectivity index (χ1n) is 7.25. The number of anilines is 1. The van der Waals surface area contributed by atoms with E-state index >= 15 is 0 Å². The quantitative estimate of drug-likeness (QED) is 0.812. The molecule has 1 atom stereocenters. The molecule has 5 heteroatoms. The predicted molar refractivity (Wildman–Crippen MR) is 75.4 cm³/mol. The van der Waals surface area contributed by atoms with E-state index in [-0.39, 0.29) is 0 Å². The smallest absolute Gasteiger partial charge is 0.245 e. The van der Waals surface area contributed by atoms with E-state index in [1.165, 1.54) is 6.42 Å². The molecule has 19 heavy (non-hydrogen) atoms. The molecule has 106 valence electrons. The molecule has 2 rings (SSSR count). The fourth-order valence-electron chi connectivity index (χ4n) is 2.51. The third-order valence-electron chi connectivity index (χ3n) is 3.63. The van der Waals surface area contributed by atoms with Gasteiger partial charge in [0.1, 0.15) is 0 Å². The van der Waals surface area contributed by atoms with Crippen LogP contribution >= 0.6 is 0 Å². The summed E-state index contributed by atoms with van der Waals surface area (Å²) in [5, 5.41) is 8.54. The average Bonchev–Trinajstić information content (AvgIpc) is 2.47. The van der Waals surface area contributed by atoms with Gasteiger partial charge in [0.05, 0.1) is 18.0 Å². The number of aromatic nitrogens is 3. The van der Waals surface area contributed by atoms with E-state index in [0.29, 0.717) is 5.92 Å². The zero-order chi connectivity index (χ0) is 13.7. The summed E-state index contributed by atoms with van der Waals surface area (Å²) in [7, 11) is 2.04. The van der Waals surface area contributed by atoms with Crippen LogP contribution in [0.3, 0.4) is 0 Å². The van der Waals surface area contributed by atoms with Crippen molar-refractivity contribution in [2.24, 2.45) is 5.92 Å². The summed E-state index contributed by atoms with van der Waals surface area (Å²) >= 11 is 0. The Bertz CT molecular complexity index is 404. The van der Waals surface area contributed by atoms with Gasteiger partial charge in [-0.3, -0.25) is 0 Å². The van der Waals surface area contributed by atoms with E-state index in [0.717, 1.165) is 56.4 Å². The molecule has 0 spiro atoms. The Balaban J connectivity index is 2.03. The summed E-state index contributed by atoms with van der Waals surface area (Å²) in [6.45, 7) is 6.90. The van der Waals surface area contributed by atoms with Crippen molar-refractivity contribution in [2.75, 3.05) is 31.7 Å². The van der Waals surface area contributed by atoms with Gasteiger partial charge in [-0.2, -0.15) is 5.10 Å². The molecule has 0 bridgehead atoms. The maximum Gasteiger partial charge on any atom is 0.245 e. The molecule has 0 N–H and O–H groups in total. The summed E-state index contributed by atoms with van der Waals surface area (Å²) in [6, 6.07) is 0. The molecule has 2 heterocycles. The van der Waals surface area contributed by atoms with Crippen molar-refractivity contribution in [1.82, 2.24) is 15.2 Å². The summed E-state index contributed by atoms with van der Waals surface area (Å²) in [4.78, 5) is 6.74. The molecule has 1 aromatic heterocycles. The fraction of sp³-hybridized carbons (Fsp3) is 0.786. The number of ether oxygens (including phenoxy) is 1. The minimum atomic E-state index is 0.582. The van der Waals surface area contributed by atoms with Crippen LogP contribution in [0.1, 0.15) is 38.1 Å². The van der Waals surface area contributed by atoms with E-state index in [9.17, 15) is 0 Å². The summed E-state index contributed by atoms with van der Waals surface area (Å²) < 4.78 is 5.52. The van der Waals surface area contributed by atoms with Crippen LogP contribution in [0.5, 0.6) is 0 Å². The van der Waals surface area contributed by atoms with Crippen LogP contribution in [0.25, 0.3) is 0 Å². The highest BCUT2D eigenvalue weighted by atomic mass is 16.5. The Hall–Kier alpha value is -1.23. The first kappa shape index (κ1) is 14.2. The maximum atomic E-state index is 5.52. The molecule has 1 unspecified atom stereocenters. The molecule has 1 saturated heterocycles. The fourth-order valence-corrected chi connectivity index (χ4v) is 2.51. The van der Waals surface area contributed by atoms with Crippen LogP contribution in [0, 0.1) is 5.92 Å². The minimum absolute atomic E-state index is 0.582. The first-order valence-corrected chi connectivity index (χ1v) is 7.25. The van der Waals surface area contributed by atoms with E-state index in [1.54, 1.807) is 0 Å². The molecule has 5 nitrogen and oxygen atoms in total. The van der Waals surface area contributed by atoms with Gasteiger partial charge in [-0.25, -0.2) is 4.98 Å². The Morgan fingerprint density at radius 1 is 1.21 bits per heavy atom. The lowest BCUT2D eigenvalue weighted by atomic mass is 10.0. The highest BCUT2D eigenvalue weighted by Crippen LogP contribution is 2.17. The molecule has 1 aliphatic heterocycles. The number of hydrogen-bond donors (Lipinski definition) is 0.